The van der Waals surface area contributed by atoms with Gasteiger partial charge in [0.1, 0.15) is 6.04 Å². The molecule has 0 spiro atoms. The number of anilines is 1. The minimum absolute atomic E-state index is 0.308. The van der Waals surface area contributed by atoms with E-state index in [9.17, 15) is 4.79 Å². The van der Waals surface area contributed by atoms with E-state index in [4.69, 9.17) is 9.84 Å². The molecule has 0 saturated heterocycles. The quantitative estimate of drug-likeness (QED) is 0.357. The van der Waals surface area contributed by atoms with Gasteiger partial charge in [0.2, 0.25) is 11.1 Å². The number of fused-ring (bicyclic) bond motifs is 1. The number of thioether (sulfide) groups is 1. The molecular formula is C23H23BrN4O2S. The van der Waals surface area contributed by atoms with Crippen LogP contribution in [0.2, 0.25) is 0 Å². The summed E-state index contributed by atoms with van der Waals surface area (Å²) in [5.41, 5.74) is 4.68. The predicted molar refractivity (Wildman–Crippen MR) is 126 cm³/mol. The van der Waals surface area contributed by atoms with Gasteiger partial charge in [0.25, 0.3) is 0 Å². The van der Waals surface area contributed by atoms with Crippen LogP contribution in [0.15, 0.2) is 69.4 Å². The highest BCUT2D eigenvalue weighted by Gasteiger charge is 2.35. The zero-order valence-electron chi connectivity index (χ0n) is 17.6. The van der Waals surface area contributed by atoms with Crippen molar-refractivity contribution >= 4 is 39.6 Å². The number of hydrogen-bond acceptors (Lipinski definition) is 6. The van der Waals surface area contributed by atoms with Crippen molar-refractivity contribution in [2.75, 3.05) is 11.9 Å². The number of benzene rings is 2. The number of nitrogens with zero attached hydrogens (tertiary/aromatic N) is 3. The SMILES string of the molecule is CCOC(=O)C1=C(C)Nc2nc(SCc3ccccc3C)nn2C1c1cccc(Br)c1. The highest BCUT2D eigenvalue weighted by molar-refractivity contribution is 9.10. The normalized spacial score (nSPS) is 15.4. The zero-order valence-corrected chi connectivity index (χ0v) is 20.0. The van der Waals surface area contributed by atoms with E-state index < -0.39 is 6.04 Å². The maximum atomic E-state index is 12.8. The van der Waals surface area contributed by atoms with Crippen molar-refractivity contribution in [1.82, 2.24) is 14.8 Å². The van der Waals surface area contributed by atoms with Gasteiger partial charge in [-0.2, -0.15) is 4.98 Å². The third-order valence-electron chi connectivity index (χ3n) is 5.11. The summed E-state index contributed by atoms with van der Waals surface area (Å²) in [5.74, 6) is 1.03. The van der Waals surface area contributed by atoms with Crippen LogP contribution in [0.4, 0.5) is 5.95 Å². The highest BCUT2D eigenvalue weighted by Crippen LogP contribution is 2.37. The molecule has 0 saturated carbocycles. The molecule has 8 heteroatoms. The topological polar surface area (TPSA) is 69.0 Å². The van der Waals surface area contributed by atoms with Crippen molar-refractivity contribution < 1.29 is 9.53 Å². The lowest BCUT2D eigenvalue weighted by molar-refractivity contribution is -0.139. The molecule has 0 amide bonds. The van der Waals surface area contributed by atoms with E-state index in [1.807, 2.05) is 43.3 Å². The van der Waals surface area contributed by atoms with Gasteiger partial charge in [0, 0.05) is 15.9 Å². The van der Waals surface area contributed by atoms with Crippen LogP contribution in [0.1, 0.15) is 36.6 Å². The number of esters is 1. The maximum Gasteiger partial charge on any atom is 0.338 e. The van der Waals surface area contributed by atoms with Gasteiger partial charge in [-0.3, -0.25) is 0 Å². The van der Waals surface area contributed by atoms with Gasteiger partial charge in [0.05, 0.1) is 12.2 Å². The largest absolute Gasteiger partial charge is 0.463 e. The molecule has 1 unspecified atom stereocenters. The second kappa shape index (κ2) is 9.28. The number of aryl methyl sites for hydroxylation is 1. The molecule has 0 radical (unpaired) electrons. The molecule has 1 aromatic heterocycles. The van der Waals surface area contributed by atoms with Crippen LogP contribution in [0, 0.1) is 6.92 Å². The smallest absolute Gasteiger partial charge is 0.338 e. The van der Waals surface area contributed by atoms with E-state index in [1.165, 1.54) is 11.1 Å². The van der Waals surface area contributed by atoms with E-state index in [0.29, 0.717) is 23.3 Å². The zero-order chi connectivity index (χ0) is 22.0. The average molecular weight is 499 g/mol. The van der Waals surface area contributed by atoms with Crippen molar-refractivity contribution in [3.8, 4) is 0 Å². The fourth-order valence-corrected chi connectivity index (χ4v) is 4.89. The van der Waals surface area contributed by atoms with Crippen molar-refractivity contribution in [2.45, 2.75) is 37.7 Å². The third kappa shape index (κ3) is 4.55. The summed E-state index contributed by atoms with van der Waals surface area (Å²) in [5, 5.41) is 8.65. The Bertz CT molecular complexity index is 1160. The second-order valence-corrected chi connectivity index (χ2v) is 9.08. The van der Waals surface area contributed by atoms with Crippen LogP contribution >= 0.6 is 27.7 Å². The average Bonchev–Trinajstić information content (AvgIpc) is 3.14. The number of nitrogens with one attached hydrogen (secondary N) is 1. The van der Waals surface area contributed by atoms with E-state index >= 15 is 0 Å². The molecule has 1 aliphatic rings. The summed E-state index contributed by atoms with van der Waals surface area (Å²) in [6.07, 6.45) is 0. The summed E-state index contributed by atoms with van der Waals surface area (Å²) in [4.78, 5) is 17.5. The first-order valence-corrected chi connectivity index (χ1v) is 11.8. The molecular weight excluding hydrogens is 476 g/mol. The summed E-state index contributed by atoms with van der Waals surface area (Å²) in [7, 11) is 0. The molecule has 4 rings (SSSR count). The fraction of sp³-hybridized carbons (Fsp3) is 0.261. The van der Waals surface area contributed by atoms with Gasteiger partial charge in [-0.25, -0.2) is 9.48 Å². The van der Waals surface area contributed by atoms with Crippen molar-refractivity contribution in [2.24, 2.45) is 0 Å². The standard InChI is InChI=1S/C23H23BrN4O2S/c1-4-30-21(29)19-15(3)25-22-26-23(31-13-17-9-6-5-8-14(17)2)27-28(22)20(19)16-10-7-11-18(24)12-16/h5-12,20H,4,13H2,1-3H3,(H,25,26,27). The van der Waals surface area contributed by atoms with Gasteiger partial charge < -0.3 is 10.1 Å². The third-order valence-corrected chi connectivity index (χ3v) is 6.49. The van der Waals surface area contributed by atoms with Gasteiger partial charge in [0.15, 0.2) is 0 Å². The molecule has 6 nitrogen and oxygen atoms in total. The van der Waals surface area contributed by atoms with Crippen LogP contribution in [0.25, 0.3) is 0 Å². The summed E-state index contributed by atoms with van der Waals surface area (Å²) in [6, 6.07) is 15.8. The minimum Gasteiger partial charge on any atom is -0.463 e. The van der Waals surface area contributed by atoms with Crippen LogP contribution in [-0.4, -0.2) is 27.3 Å². The number of aromatic nitrogens is 3. The Balaban J connectivity index is 1.71. The molecule has 2 heterocycles. The molecule has 2 aromatic carbocycles. The van der Waals surface area contributed by atoms with Crippen molar-refractivity contribution in [3.05, 3.63) is 81.0 Å². The minimum atomic E-state index is -0.423. The number of ether oxygens (including phenoxy) is 1. The van der Waals surface area contributed by atoms with Crippen LogP contribution in [0.5, 0.6) is 0 Å². The summed E-state index contributed by atoms with van der Waals surface area (Å²) >= 11 is 5.11. The molecule has 1 N–H and O–H groups in total. The monoisotopic (exact) mass is 498 g/mol. The molecule has 0 fully saturated rings. The Morgan fingerprint density at radius 2 is 2.03 bits per heavy atom. The second-order valence-electron chi connectivity index (χ2n) is 7.22. The molecule has 3 aromatic rings. The Kier molecular flexibility index (Phi) is 6.48. The number of rotatable bonds is 6. The fourth-order valence-electron chi connectivity index (χ4n) is 3.56. The van der Waals surface area contributed by atoms with E-state index in [2.05, 4.69) is 45.3 Å². The van der Waals surface area contributed by atoms with E-state index in [0.717, 1.165) is 21.5 Å². The Morgan fingerprint density at radius 1 is 1.23 bits per heavy atom. The van der Waals surface area contributed by atoms with Gasteiger partial charge >= 0.3 is 5.97 Å². The van der Waals surface area contributed by atoms with Crippen LogP contribution in [-0.2, 0) is 15.3 Å². The number of allylic oxidation sites excluding steroid dienone is 1. The first-order valence-electron chi connectivity index (χ1n) is 10.0. The first-order chi connectivity index (χ1) is 15.0. The van der Waals surface area contributed by atoms with Crippen LogP contribution < -0.4 is 5.32 Å². The number of carbonyl (C=O) groups is 1. The Hall–Kier alpha value is -2.58. The number of carbonyl (C=O) groups excluding carboxylic acids is 1. The lowest BCUT2D eigenvalue weighted by Crippen LogP contribution is -2.29. The molecule has 31 heavy (non-hydrogen) atoms. The Labute approximate surface area is 194 Å². The number of hydrogen-bond donors (Lipinski definition) is 1. The first kappa shape index (κ1) is 21.6. The van der Waals surface area contributed by atoms with Crippen molar-refractivity contribution in [1.29, 1.82) is 0 Å². The summed E-state index contributed by atoms with van der Waals surface area (Å²) < 4.78 is 8.07. The van der Waals surface area contributed by atoms with Gasteiger partial charge in [-0.05, 0) is 49.6 Å². The predicted octanol–water partition coefficient (Wildman–Crippen LogP) is 5.49. The van der Waals surface area contributed by atoms with Gasteiger partial charge in [-0.15, -0.1) is 5.10 Å². The molecule has 0 aliphatic carbocycles. The molecule has 1 atom stereocenters. The van der Waals surface area contributed by atoms with Crippen molar-refractivity contribution in [3.63, 3.8) is 0 Å². The molecule has 160 valence electrons. The van der Waals surface area contributed by atoms with E-state index in [-0.39, 0.29) is 5.97 Å². The molecule has 1 aliphatic heterocycles. The maximum absolute atomic E-state index is 12.8. The molecule has 0 bridgehead atoms. The van der Waals surface area contributed by atoms with Crippen LogP contribution in [0.3, 0.4) is 0 Å². The lowest BCUT2D eigenvalue weighted by atomic mass is 9.96. The highest BCUT2D eigenvalue weighted by atomic mass is 79.9. The van der Waals surface area contributed by atoms with E-state index in [1.54, 1.807) is 23.4 Å². The Morgan fingerprint density at radius 3 is 2.77 bits per heavy atom. The lowest BCUT2D eigenvalue weighted by Gasteiger charge is -2.28. The van der Waals surface area contributed by atoms with Gasteiger partial charge in [-0.1, -0.05) is 64.1 Å². The summed E-state index contributed by atoms with van der Waals surface area (Å²) in [6.45, 7) is 6.09. The number of halogens is 1.